The molecule has 162 valence electrons. The van der Waals surface area contributed by atoms with Crippen LogP contribution in [-0.2, 0) is 14.3 Å². The summed E-state index contributed by atoms with van der Waals surface area (Å²) in [5, 5.41) is 0. The van der Waals surface area contributed by atoms with Crippen LogP contribution >= 0.6 is 0 Å². The molecule has 4 rings (SSSR count). The average Bonchev–Trinajstić information content (AvgIpc) is 3.10. The maximum Gasteiger partial charge on any atom is 0.336 e. The van der Waals surface area contributed by atoms with E-state index < -0.39 is 5.97 Å². The van der Waals surface area contributed by atoms with Gasteiger partial charge in [0.1, 0.15) is 0 Å². The first-order valence-corrected chi connectivity index (χ1v) is 10.3. The Hall–Kier alpha value is -2.74. The Morgan fingerprint density at radius 1 is 1.07 bits per heavy atom. The molecular formula is C22H28N2O6. The maximum absolute atomic E-state index is 13.3. The van der Waals surface area contributed by atoms with Crippen molar-refractivity contribution in [3.63, 3.8) is 0 Å². The number of urea groups is 1. The zero-order valence-corrected chi connectivity index (χ0v) is 17.7. The molecule has 0 spiro atoms. The van der Waals surface area contributed by atoms with Crippen molar-refractivity contribution < 1.29 is 28.5 Å². The molecular weight excluding hydrogens is 388 g/mol. The second-order valence-corrected chi connectivity index (χ2v) is 7.67. The molecule has 1 aromatic rings. The van der Waals surface area contributed by atoms with E-state index in [9.17, 15) is 9.59 Å². The van der Waals surface area contributed by atoms with Gasteiger partial charge in [-0.15, -0.1) is 0 Å². The van der Waals surface area contributed by atoms with E-state index in [4.69, 9.17) is 18.9 Å². The summed E-state index contributed by atoms with van der Waals surface area (Å²) in [6.45, 7) is 2.23. The zero-order chi connectivity index (χ0) is 21.3. The number of benzene rings is 1. The van der Waals surface area contributed by atoms with Crippen LogP contribution in [0.4, 0.5) is 4.79 Å². The van der Waals surface area contributed by atoms with Gasteiger partial charge in [-0.2, -0.15) is 0 Å². The summed E-state index contributed by atoms with van der Waals surface area (Å²) in [7, 11) is 4.56. The van der Waals surface area contributed by atoms with Crippen molar-refractivity contribution in [3.8, 4) is 11.5 Å². The minimum absolute atomic E-state index is 0.0242. The monoisotopic (exact) mass is 416 g/mol. The number of hydrogen-bond acceptors (Lipinski definition) is 6. The van der Waals surface area contributed by atoms with Crippen molar-refractivity contribution in [2.75, 3.05) is 47.6 Å². The van der Waals surface area contributed by atoms with Gasteiger partial charge in [-0.05, 0) is 30.9 Å². The minimum Gasteiger partial charge on any atom is -0.493 e. The van der Waals surface area contributed by atoms with Crippen molar-refractivity contribution in [2.24, 2.45) is 0 Å². The average molecular weight is 416 g/mol. The Morgan fingerprint density at radius 2 is 1.83 bits per heavy atom. The Balaban J connectivity index is 1.78. The number of ether oxygens (including phenoxy) is 4. The Kier molecular flexibility index (Phi) is 5.85. The molecule has 3 heterocycles. The molecule has 2 fully saturated rings. The first kappa shape index (κ1) is 20.5. The maximum atomic E-state index is 13.3. The summed E-state index contributed by atoms with van der Waals surface area (Å²) in [5.74, 6) is 0.787. The fraction of sp³-hybridized carbons (Fsp3) is 0.545. The second kappa shape index (κ2) is 8.55. The van der Waals surface area contributed by atoms with Gasteiger partial charge < -0.3 is 28.7 Å². The van der Waals surface area contributed by atoms with E-state index in [0.29, 0.717) is 49.8 Å². The van der Waals surface area contributed by atoms with Crippen LogP contribution in [0.5, 0.6) is 11.5 Å². The number of methoxy groups -OCH3 is 3. The van der Waals surface area contributed by atoms with Gasteiger partial charge in [-0.3, -0.25) is 0 Å². The number of amides is 2. The number of para-hydroxylation sites is 1. The van der Waals surface area contributed by atoms with E-state index in [1.165, 1.54) is 7.11 Å². The first-order chi connectivity index (χ1) is 14.6. The molecule has 1 aromatic carbocycles. The number of morpholine rings is 1. The van der Waals surface area contributed by atoms with Crippen LogP contribution < -0.4 is 9.47 Å². The molecule has 2 atom stereocenters. The molecule has 3 aliphatic heterocycles. The van der Waals surface area contributed by atoms with Crippen LogP contribution in [0.3, 0.4) is 0 Å². The molecule has 8 nitrogen and oxygen atoms in total. The van der Waals surface area contributed by atoms with Crippen LogP contribution in [0.25, 0.3) is 5.57 Å². The van der Waals surface area contributed by atoms with Gasteiger partial charge in [-0.1, -0.05) is 12.1 Å². The molecule has 0 N–H and O–H groups in total. The van der Waals surface area contributed by atoms with Gasteiger partial charge in [0.2, 0.25) is 0 Å². The van der Waals surface area contributed by atoms with Crippen molar-refractivity contribution >= 4 is 17.6 Å². The van der Waals surface area contributed by atoms with E-state index in [1.807, 2.05) is 28.0 Å². The largest absolute Gasteiger partial charge is 0.493 e. The Bertz CT molecular complexity index is 861. The predicted molar refractivity (Wildman–Crippen MR) is 110 cm³/mol. The molecule has 2 amide bonds. The standard InChI is InChI=1S/C22H28N2O6/c1-27-18-6-4-5-15(20(18)28-2)16-13-14-7-8-17(19(16)21(25)29-3)24(14)22(26)23-9-11-30-12-10-23/h4-6,14,17H,7-13H2,1-3H3. The van der Waals surface area contributed by atoms with Gasteiger partial charge in [0.25, 0.3) is 0 Å². The lowest BCUT2D eigenvalue weighted by molar-refractivity contribution is -0.136. The topological polar surface area (TPSA) is 77.5 Å². The highest BCUT2D eigenvalue weighted by molar-refractivity contribution is 6.01. The fourth-order valence-corrected chi connectivity index (χ4v) is 4.87. The summed E-state index contributed by atoms with van der Waals surface area (Å²) in [5.41, 5.74) is 2.23. The lowest BCUT2D eigenvalue weighted by Gasteiger charge is -2.41. The fourth-order valence-electron chi connectivity index (χ4n) is 4.87. The Labute approximate surface area is 176 Å². The van der Waals surface area contributed by atoms with Crippen molar-refractivity contribution in [1.29, 1.82) is 0 Å². The summed E-state index contributed by atoms with van der Waals surface area (Å²) >= 11 is 0. The van der Waals surface area contributed by atoms with Crippen LogP contribution in [-0.4, -0.2) is 81.5 Å². The number of hydrogen-bond donors (Lipinski definition) is 0. The number of carbonyl (C=O) groups is 2. The van der Waals surface area contributed by atoms with Gasteiger partial charge in [0.05, 0.1) is 46.2 Å². The SMILES string of the molecule is COC(=O)C1=C(c2cccc(OC)c2OC)CC2CCC1N2C(=O)N1CCOCC1. The highest BCUT2D eigenvalue weighted by Crippen LogP contribution is 2.47. The molecule has 2 saturated heterocycles. The summed E-state index contributed by atoms with van der Waals surface area (Å²) in [6, 6.07) is 5.34. The highest BCUT2D eigenvalue weighted by atomic mass is 16.5. The summed E-state index contributed by atoms with van der Waals surface area (Å²) in [4.78, 5) is 29.9. The number of rotatable bonds is 4. The highest BCUT2D eigenvalue weighted by Gasteiger charge is 2.48. The number of fused-ring (bicyclic) bond motifs is 2. The predicted octanol–water partition coefficient (Wildman–Crippen LogP) is 2.32. The van der Waals surface area contributed by atoms with Crippen molar-refractivity contribution in [3.05, 3.63) is 29.3 Å². The van der Waals surface area contributed by atoms with Crippen molar-refractivity contribution in [2.45, 2.75) is 31.3 Å². The van der Waals surface area contributed by atoms with Crippen LogP contribution in [0.1, 0.15) is 24.8 Å². The number of nitrogens with zero attached hydrogens (tertiary/aromatic N) is 2. The van der Waals surface area contributed by atoms with Crippen LogP contribution in [0.15, 0.2) is 23.8 Å². The Morgan fingerprint density at radius 3 is 2.50 bits per heavy atom. The normalized spacial score (nSPS) is 23.4. The smallest absolute Gasteiger partial charge is 0.336 e. The molecule has 0 saturated carbocycles. The molecule has 2 bridgehead atoms. The minimum atomic E-state index is -0.403. The second-order valence-electron chi connectivity index (χ2n) is 7.67. The molecule has 8 heteroatoms. The molecule has 0 radical (unpaired) electrons. The van der Waals surface area contributed by atoms with Crippen LogP contribution in [0, 0.1) is 0 Å². The van der Waals surface area contributed by atoms with E-state index >= 15 is 0 Å². The van der Waals surface area contributed by atoms with Crippen LogP contribution in [0.2, 0.25) is 0 Å². The van der Waals surface area contributed by atoms with Gasteiger partial charge in [-0.25, -0.2) is 9.59 Å². The molecule has 30 heavy (non-hydrogen) atoms. The lowest BCUT2D eigenvalue weighted by atomic mass is 9.87. The molecule has 2 unspecified atom stereocenters. The van der Waals surface area contributed by atoms with Gasteiger partial charge in [0, 0.05) is 24.7 Å². The number of esters is 1. The van der Waals surface area contributed by atoms with E-state index in [0.717, 1.165) is 24.0 Å². The lowest BCUT2D eigenvalue weighted by Crippen LogP contribution is -2.54. The first-order valence-electron chi connectivity index (χ1n) is 10.3. The van der Waals surface area contributed by atoms with Gasteiger partial charge in [0.15, 0.2) is 11.5 Å². The third-order valence-corrected chi connectivity index (χ3v) is 6.24. The number of carbonyl (C=O) groups excluding carboxylic acids is 2. The zero-order valence-electron chi connectivity index (χ0n) is 17.7. The van der Waals surface area contributed by atoms with Crippen molar-refractivity contribution in [1.82, 2.24) is 9.80 Å². The third kappa shape index (κ3) is 3.39. The van der Waals surface area contributed by atoms with E-state index in [2.05, 4.69) is 0 Å². The van der Waals surface area contributed by atoms with Gasteiger partial charge >= 0.3 is 12.0 Å². The molecule has 3 aliphatic rings. The quantitative estimate of drug-likeness (QED) is 0.701. The summed E-state index contributed by atoms with van der Waals surface area (Å²) in [6.07, 6.45) is 2.15. The van der Waals surface area contributed by atoms with E-state index in [-0.39, 0.29) is 18.1 Å². The van der Waals surface area contributed by atoms with E-state index in [1.54, 1.807) is 14.2 Å². The molecule has 0 aliphatic carbocycles. The molecule has 0 aromatic heterocycles. The third-order valence-electron chi connectivity index (χ3n) is 6.24. The summed E-state index contributed by atoms with van der Waals surface area (Å²) < 4.78 is 21.6.